The molecule has 1 aromatic carbocycles. The van der Waals surface area contributed by atoms with E-state index < -0.39 is 10.0 Å². The van der Waals surface area contributed by atoms with E-state index in [1.54, 1.807) is 24.1 Å². The zero-order chi connectivity index (χ0) is 21.8. The summed E-state index contributed by atoms with van der Waals surface area (Å²) in [6.45, 7) is 0.226. The molecule has 0 spiro atoms. The van der Waals surface area contributed by atoms with Crippen LogP contribution >= 0.6 is 0 Å². The minimum Gasteiger partial charge on any atom is -0.481 e. The number of ether oxygens (including phenoxy) is 2. The maximum atomic E-state index is 11.3. The summed E-state index contributed by atoms with van der Waals surface area (Å²) in [6, 6.07) is 11.4. The van der Waals surface area contributed by atoms with Gasteiger partial charge in [0.15, 0.2) is 5.82 Å². The van der Waals surface area contributed by atoms with Crippen LogP contribution in [-0.4, -0.2) is 47.6 Å². The molecular weight excluding hydrogens is 418 g/mol. The molecule has 0 amide bonds. The van der Waals surface area contributed by atoms with E-state index in [-0.39, 0.29) is 12.6 Å². The SMILES string of the molecule is COc1ccc(-n2nc(OC3CCCC3)nc2-c2ccc(CNS(C)(=O)=O)cc2)cn1. The number of nitrogens with one attached hydrogen (secondary N) is 1. The number of rotatable bonds is 8. The Bertz CT molecular complexity index is 1120. The van der Waals surface area contributed by atoms with Crippen LogP contribution in [0.5, 0.6) is 11.9 Å². The average Bonchev–Trinajstić information content (AvgIpc) is 3.43. The van der Waals surface area contributed by atoms with Gasteiger partial charge in [-0.05, 0) is 37.3 Å². The fourth-order valence-corrected chi connectivity index (χ4v) is 3.90. The van der Waals surface area contributed by atoms with Gasteiger partial charge in [0.05, 0.1) is 25.2 Å². The molecule has 0 unspecified atom stereocenters. The van der Waals surface area contributed by atoms with Gasteiger partial charge in [-0.25, -0.2) is 22.8 Å². The molecule has 1 aliphatic carbocycles. The van der Waals surface area contributed by atoms with Gasteiger partial charge in [0.1, 0.15) is 6.10 Å². The van der Waals surface area contributed by atoms with Gasteiger partial charge < -0.3 is 9.47 Å². The molecule has 1 saturated carbocycles. The summed E-state index contributed by atoms with van der Waals surface area (Å²) in [5, 5.41) is 4.58. The normalized spacial score (nSPS) is 14.6. The molecule has 0 atom stereocenters. The van der Waals surface area contributed by atoms with Crippen molar-refractivity contribution >= 4 is 10.0 Å². The van der Waals surface area contributed by atoms with E-state index in [1.807, 2.05) is 30.3 Å². The van der Waals surface area contributed by atoms with Crippen molar-refractivity contribution in [3.05, 3.63) is 48.2 Å². The largest absolute Gasteiger partial charge is 0.481 e. The van der Waals surface area contributed by atoms with Gasteiger partial charge in [-0.2, -0.15) is 4.98 Å². The van der Waals surface area contributed by atoms with Gasteiger partial charge in [-0.1, -0.05) is 24.3 Å². The number of sulfonamides is 1. The second kappa shape index (κ2) is 9.03. The Kier molecular flexibility index (Phi) is 6.19. The molecule has 3 aromatic rings. The van der Waals surface area contributed by atoms with Crippen LogP contribution in [0.4, 0.5) is 0 Å². The van der Waals surface area contributed by atoms with Crippen molar-refractivity contribution in [3.8, 4) is 29.0 Å². The lowest BCUT2D eigenvalue weighted by Crippen LogP contribution is -2.21. The summed E-state index contributed by atoms with van der Waals surface area (Å²) in [7, 11) is -1.69. The van der Waals surface area contributed by atoms with Gasteiger partial charge in [0, 0.05) is 18.2 Å². The number of pyridine rings is 1. The second-order valence-corrected chi connectivity index (χ2v) is 9.34. The third-order valence-corrected chi connectivity index (χ3v) is 5.76. The van der Waals surface area contributed by atoms with Crippen LogP contribution in [0.25, 0.3) is 17.1 Å². The number of methoxy groups -OCH3 is 1. The predicted molar refractivity (Wildman–Crippen MR) is 116 cm³/mol. The monoisotopic (exact) mass is 443 g/mol. The van der Waals surface area contributed by atoms with Gasteiger partial charge in [-0.3, -0.25) is 0 Å². The van der Waals surface area contributed by atoms with Gasteiger partial charge in [0.2, 0.25) is 15.9 Å². The maximum Gasteiger partial charge on any atom is 0.336 e. The molecule has 2 heterocycles. The Morgan fingerprint density at radius 3 is 2.48 bits per heavy atom. The van der Waals surface area contributed by atoms with Crippen molar-refractivity contribution in [2.75, 3.05) is 13.4 Å². The predicted octanol–water partition coefficient (Wildman–Crippen LogP) is 2.71. The molecule has 0 radical (unpaired) electrons. The van der Waals surface area contributed by atoms with Crippen molar-refractivity contribution in [2.45, 2.75) is 38.3 Å². The molecular formula is C21H25N5O4S. The topological polar surface area (TPSA) is 108 Å². The third kappa shape index (κ3) is 5.39. The summed E-state index contributed by atoms with van der Waals surface area (Å²) in [5.41, 5.74) is 2.40. The van der Waals surface area contributed by atoms with E-state index in [0.29, 0.717) is 17.7 Å². The first-order chi connectivity index (χ1) is 14.9. The summed E-state index contributed by atoms with van der Waals surface area (Å²) < 4.78 is 38.0. The van der Waals surface area contributed by atoms with Gasteiger partial charge in [-0.15, -0.1) is 5.10 Å². The number of nitrogens with zero attached hydrogens (tertiary/aromatic N) is 4. The zero-order valence-corrected chi connectivity index (χ0v) is 18.3. The lowest BCUT2D eigenvalue weighted by atomic mass is 10.1. The summed E-state index contributed by atoms with van der Waals surface area (Å²) in [5.74, 6) is 1.12. The fraction of sp³-hybridized carbons (Fsp3) is 0.381. The van der Waals surface area contributed by atoms with Crippen molar-refractivity contribution < 1.29 is 17.9 Å². The highest BCUT2D eigenvalue weighted by Crippen LogP contribution is 2.27. The fourth-order valence-electron chi connectivity index (χ4n) is 3.47. The highest BCUT2D eigenvalue weighted by molar-refractivity contribution is 7.88. The molecule has 1 N–H and O–H groups in total. The Morgan fingerprint density at radius 2 is 1.87 bits per heavy atom. The van der Waals surface area contributed by atoms with Gasteiger partial charge in [0.25, 0.3) is 0 Å². The van der Waals surface area contributed by atoms with Crippen molar-refractivity contribution in [2.24, 2.45) is 0 Å². The Morgan fingerprint density at radius 1 is 1.13 bits per heavy atom. The molecule has 164 valence electrons. The van der Waals surface area contributed by atoms with E-state index in [1.165, 1.54) is 0 Å². The number of hydrogen-bond donors (Lipinski definition) is 1. The van der Waals surface area contributed by atoms with Crippen LogP contribution in [-0.2, 0) is 16.6 Å². The standard InChI is InChI=1S/C21H25N5O4S/c1-29-19-12-11-17(14-22-19)26-20(24-21(25-26)30-18-5-3-4-6-18)16-9-7-15(8-10-16)13-23-31(2,27)28/h7-12,14,18,23H,3-6,13H2,1-2H3. The maximum absolute atomic E-state index is 11.3. The first-order valence-electron chi connectivity index (χ1n) is 10.1. The summed E-state index contributed by atoms with van der Waals surface area (Å²) >= 11 is 0. The van der Waals surface area contributed by atoms with Crippen molar-refractivity contribution in [1.29, 1.82) is 0 Å². The summed E-state index contributed by atoms with van der Waals surface area (Å²) in [4.78, 5) is 8.90. The second-order valence-electron chi connectivity index (χ2n) is 7.50. The first kappa shape index (κ1) is 21.3. The highest BCUT2D eigenvalue weighted by atomic mass is 32.2. The quantitative estimate of drug-likeness (QED) is 0.570. The molecule has 1 fully saturated rings. The van der Waals surface area contributed by atoms with Crippen molar-refractivity contribution in [3.63, 3.8) is 0 Å². The lowest BCUT2D eigenvalue weighted by molar-refractivity contribution is 0.192. The average molecular weight is 444 g/mol. The number of benzene rings is 1. The molecule has 0 saturated heterocycles. The van der Waals surface area contributed by atoms with Crippen LogP contribution in [0.15, 0.2) is 42.6 Å². The Labute approximate surface area is 181 Å². The van der Waals surface area contributed by atoms with Crippen LogP contribution < -0.4 is 14.2 Å². The molecule has 4 rings (SSSR count). The van der Waals surface area contributed by atoms with E-state index >= 15 is 0 Å². The lowest BCUT2D eigenvalue weighted by Gasteiger charge is -2.08. The molecule has 0 bridgehead atoms. The molecule has 9 nitrogen and oxygen atoms in total. The van der Waals surface area contributed by atoms with Crippen LogP contribution in [0, 0.1) is 0 Å². The molecule has 1 aliphatic rings. The Balaban J connectivity index is 1.64. The van der Waals surface area contributed by atoms with Crippen LogP contribution in [0.3, 0.4) is 0 Å². The van der Waals surface area contributed by atoms with E-state index in [0.717, 1.165) is 48.8 Å². The van der Waals surface area contributed by atoms with E-state index in [9.17, 15) is 8.42 Å². The van der Waals surface area contributed by atoms with Crippen LogP contribution in [0.1, 0.15) is 31.2 Å². The molecule has 0 aliphatic heterocycles. The highest BCUT2D eigenvalue weighted by Gasteiger charge is 2.21. The van der Waals surface area contributed by atoms with Gasteiger partial charge >= 0.3 is 6.01 Å². The molecule has 31 heavy (non-hydrogen) atoms. The van der Waals surface area contributed by atoms with Crippen molar-refractivity contribution in [1.82, 2.24) is 24.5 Å². The molecule has 2 aromatic heterocycles. The number of aromatic nitrogens is 4. The van der Waals surface area contributed by atoms with Crippen LogP contribution in [0.2, 0.25) is 0 Å². The first-order valence-corrected chi connectivity index (χ1v) is 12.0. The van der Waals surface area contributed by atoms with E-state index in [4.69, 9.17) is 9.47 Å². The third-order valence-electron chi connectivity index (χ3n) is 5.09. The smallest absolute Gasteiger partial charge is 0.336 e. The van der Waals surface area contributed by atoms with E-state index in [2.05, 4.69) is 19.8 Å². The summed E-state index contributed by atoms with van der Waals surface area (Å²) in [6.07, 6.45) is 7.28. The zero-order valence-electron chi connectivity index (χ0n) is 17.5. The molecule has 10 heteroatoms. The minimum absolute atomic E-state index is 0.141. The number of hydrogen-bond acceptors (Lipinski definition) is 7. The Hall–Kier alpha value is -2.98. The minimum atomic E-state index is -3.25.